The smallest absolute Gasteiger partial charge is 0.331 e. The molecular weight excluding hydrogens is 474 g/mol. The van der Waals surface area contributed by atoms with Crippen LogP contribution in [0.1, 0.15) is 23.7 Å². The van der Waals surface area contributed by atoms with Crippen molar-refractivity contribution >= 4 is 45.1 Å². The molecule has 1 atom stereocenters. The van der Waals surface area contributed by atoms with E-state index in [-0.39, 0.29) is 22.7 Å². The fourth-order valence-electron chi connectivity index (χ4n) is 3.37. The summed E-state index contributed by atoms with van der Waals surface area (Å²) in [6, 6.07) is 4.56. The molecule has 1 aliphatic heterocycles. The number of nitrogens with one attached hydrogen (secondary N) is 1. The number of hydrogen-bond donors (Lipinski definition) is 1. The van der Waals surface area contributed by atoms with E-state index < -0.39 is 28.3 Å². The van der Waals surface area contributed by atoms with Gasteiger partial charge in [0.05, 0.1) is 43.1 Å². The number of benzene rings is 1. The van der Waals surface area contributed by atoms with Gasteiger partial charge in [-0.3, -0.25) is 4.79 Å². The van der Waals surface area contributed by atoms with Gasteiger partial charge in [-0.15, -0.1) is 0 Å². The second kappa shape index (κ2) is 10.3. The van der Waals surface area contributed by atoms with Crippen molar-refractivity contribution in [1.29, 1.82) is 0 Å². The molecule has 0 saturated carbocycles. The lowest BCUT2D eigenvalue weighted by atomic mass is 10.2. The van der Waals surface area contributed by atoms with Crippen LogP contribution in [0.15, 0.2) is 24.3 Å². The van der Waals surface area contributed by atoms with E-state index in [0.717, 1.165) is 6.08 Å². The van der Waals surface area contributed by atoms with Crippen LogP contribution in [0.3, 0.4) is 0 Å². The molecule has 12 heteroatoms. The van der Waals surface area contributed by atoms with Gasteiger partial charge in [0.15, 0.2) is 16.4 Å². The molecule has 0 unspecified atom stereocenters. The van der Waals surface area contributed by atoms with E-state index in [1.165, 1.54) is 25.0 Å². The molecule has 178 valence electrons. The van der Waals surface area contributed by atoms with Crippen LogP contribution in [0.25, 0.3) is 6.08 Å². The third-order valence-corrected chi connectivity index (χ3v) is 7.16. The van der Waals surface area contributed by atoms with Gasteiger partial charge in [-0.1, -0.05) is 11.6 Å². The van der Waals surface area contributed by atoms with Crippen LogP contribution in [0, 0.1) is 6.92 Å². The maximum atomic E-state index is 12.2. The van der Waals surface area contributed by atoms with Crippen molar-refractivity contribution in [2.24, 2.45) is 0 Å². The predicted molar refractivity (Wildman–Crippen MR) is 122 cm³/mol. The highest BCUT2D eigenvalue weighted by Crippen LogP contribution is 2.31. The molecule has 1 amide bonds. The van der Waals surface area contributed by atoms with Crippen molar-refractivity contribution in [3.63, 3.8) is 0 Å². The summed E-state index contributed by atoms with van der Waals surface area (Å²) in [5, 5.41) is 7.15. The molecule has 0 spiro atoms. The van der Waals surface area contributed by atoms with E-state index in [9.17, 15) is 18.0 Å². The first-order chi connectivity index (χ1) is 15.6. The molecular formula is C21H24ClN3O7S. The van der Waals surface area contributed by atoms with Gasteiger partial charge in [0.1, 0.15) is 16.7 Å². The summed E-state index contributed by atoms with van der Waals surface area (Å²) in [5.74, 6) is -0.302. The first kappa shape index (κ1) is 24.6. The summed E-state index contributed by atoms with van der Waals surface area (Å²) in [7, 11) is -0.144. The van der Waals surface area contributed by atoms with Gasteiger partial charge >= 0.3 is 5.97 Å². The van der Waals surface area contributed by atoms with Gasteiger partial charge in [0.2, 0.25) is 0 Å². The molecule has 3 rings (SSSR count). The fourth-order valence-corrected chi connectivity index (χ4v) is 5.43. The number of nitrogens with zero attached hydrogens (tertiary/aromatic N) is 2. The number of esters is 1. The second-order valence-electron chi connectivity index (χ2n) is 7.35. The van der Waals surface area contributed by atoms with Crippen LogP contribution in [0.2, 0.25) is 5.15 Å². The lowest BCUT2D eigenvalue weighted by molar-refractivity contribution is -0.142. The summed E-state index contributed by atoms with van der Waals surface area (Å²) in [6.07, 6.45) is 2.99. The zero-order chi connectivity index (χ0) is 24.2. The molecule has 33 heavy (non-hydrogen) atoms. The maximum Gasteiger partial charge on any atom is 0.331 e. The Morgan fingerprint density at radius 1 is 1.30 bits per heavy atom. The van der Waals surface area contributed by atoms with Crippen LogP contribution in [0.4, 0.5) is 5.69 Å². The van der Waals surface area contributed by atoms with E-state index >= 15 is 0 Å². The summed E-state index contributed by atoms with van der Waals surface area (Å²) >= 11 is 6.37. The van der Waals surface area contributed by atoms with Crippen LogP contribution >= 0.6 is 11.6 Å². The predicted octanol–water partition coefficient (Wildman–Crippen LogP) is 2.42. The Bertz CT molecular complexity index is 1190. The highest BCUT2D eigenvalue weighted by atomic mass is 35.5. The Kier molecular flexibility index (Phi) is 7.65. The fraction of sp³-hybridized carbons (Fsp3) is 0.381. The molecule has 0 aliphatic carbocycles. The third-order valence-electron chi connectivity index (χ3n) is 5.04. The average molecular weight is 498 g/mol. The van der Waals surface area contributed by atoms with E-state index in [0.29, 0.717) is 34.9 Å². The number of hydrogen-bond acceptors (Lipinski definition) is 8. The lowest BCUT2D eigenvalue weighted by Crippen LogP contribution is -2.20. The van der Waals surface area contributed by atoms with Crippen molar-refractivity contribution < 1.29 is 32.2 Å². The van der Waals surface area contributed by atoms with Gasteiger partial charge < -0.3 is 19.5 Å². The Morgan fingerprint density at radius 3 is 2.70 bits per heavy atom. The number of halogens is 1. The zero-order valence-corrected chi connectivity index (χ0v) is 19.9. The van der Waals surface area contributed by atoms with Crippen LogP contribution in [-0.2, 0) is 24.2 Å². The van der Waals surface area contributed by atoms with Gasteiger partial charge in [-0.25, -0.2) is 17.9 Å². The first-order valence-corrected chi connectivity index (χ1v) is 12.1. The highest BCUT2D eigenvalue weighted by molar-refractivity contribution is 7.91. The molecule has 1 aromatic heterocycles. The molecule has 2 heterocycles. The van der Waals surface area contributed by atoms with Crippen molar-refractivity contribution in [2.45, 2.75) is 19.4 Å². The van der Waals surface area contributed by atoms with Crippen molar-refractivity contribution in [3.05, 3.63) is 40.7 Å². The van der Waals surface area contributed by atoms with Gasteiger partial charge in [-0.2, -0.15) is 5.10 Å². The standard InChI is InChI=1S/C21H24ClN3O7S/c1-13-16(21(22)25(24-13)14-8-9-33(28,29)12-14)5-7-20(27)32-11-19(26)23-17-10-15(30-2)4-6-18(17)31-3/h4-7,10,14H,8-9,11-12H2,1-3H3,(H,23,26)/b7-5+/t14-/m0/s1. The van der Waals surface area contributed by atoms with Crippen molar-refractivity contribution in [3.8, 4) is 11.5 Å². The number of anilines is 1. The molecule has 1 fully saturated rings. The molecule has 2 aromatic rings. The van der Waals surface area contributed by atoms with Crippen LogP contribution < -0.4 is 14.8 Å². The second-order valence-corrected chi connectivity index (χ2v) is 9.93. The van der Waals surface area contributed by atoms with E-state index in [1.807, 2.05) is 0 Å². The first-order valence-electron chi connectivity index (χ1n) is 9.95. The molecule has 1 saturated heterocycles. The SMILES string of the molecule is COc1ccc(OC)c(NC(=O)COC(=O)/C=C/c2c(C)nn([C@H]3CCS(=O)(=O)C3)c2Cl)c1. The monoisotopic (exact) mass is 497 g/mol. The Balaban J connectivity index is 1.59. The molecule has 0 bridgehead atoms. The van der Waals surface area contributed by atoms with Crippen molar-refractivity contribution in [2.75, 3.05) is 37.6 Å². The van der Waals surface area contributed by atoms with Gasteiger partial charge in [-0.05, 0) is 31.6 Å². The van der Waals surface area contributed by atoms with E-state index in [2.05, 4.69) is 10.4 Å². The van der Waals surface area contributed by atoms with Gasteiger partial charge in [0, 0.05) is 17.7 Å². The summed E-state index contributed by atoms with van der Waals surface area (Å²) in [5.41, 5.74) is 1.39. The topological polar surface area (TPSA) is 126 Å². The molecule has 10 nitrogen and oxygen atoms in total. The minimum absolute atomic E-state index is 0.0216. The number of aromatic nitrogens is 2. The molecule has 1 aromatic carbocycles. The zero-order valence-electron chi connectivity index (χ0n) is 18.3. The largest absolute Gasteiger partial charge is 0.497 e. The summed E-state index contributed by atoms with van der Waals surface area (Å²) in [4.78, 5) is 24.3. The summed E-state index contributed by atoms with van der Waals surface area (Å²) in [6.45, 7) is 1.18. The number of carbonyl (C=O) groups excluding carboxylic acids is 2. The van der Waals surface area contributed by atoms with Crippen molar-refractivity contribution in [1.82, 2.24) is 9.78 Å². The van der Waals surface area contributed by atoms with Crippen LogP contribution in [-0.4, -0.2) is 62.4 Å². The molecule has 1 N–H and O–H groups in total. The number of aryl methyl sites for hydroxylation is 1. The third kappa shape index (κ3) is 6.05. The van der Waals surface area contributed by atoms with E-state index in [4.69, 9.17) is 25.8 Å². The summed E-state index contributed by atoms with van der Waals surface area (Å²) < 4.78 is 40.2. The number of sulfone groups is 1. The highest BCUT2D eigenvalue weighted by Gasteiger charge is 2.31. The van der Waals surface area contributed by atoms with E-state index in [1.54, 1.807) is 25.1 Å². The lowest BCUT2D eigenvalue weighted by Gasteiger charge is -2.11. The number of methoxy groups -OCH3 is 2. The number of ether oxygens (including phenoxy) is 3. The molecule has 1 aliphatic rings. The van der Waals surface area contributed by atoms with Crippen LogP contribution in [0.5, 0.6) is 11.5 Å². The number of rotatable bonds is 8. The Morgan fingerprint density at radius 2 is 2.06 bits per heavy atom. The average Bonchev–Trinajstić information content (AvgIpc) is 3.28. The number of carbonyl (C=O) groups is 2. The van der Waals surface area contributed by atoms with Gasteiger partial charge in [0.25, 0.3) is 5.91 Å². The Labute approximate surface area is 196 Å². The maximum absolute atomic E-state index is 12.2. The Hall–Kier alpha value is -3.05. The quantitative estimate of drug-likeness (QED) is 0.435. The minimum Gasteiger partial charge on any atom is -0.497 e. The normalized spacial score (nSPS) is 17.2. The molecule has 0 radical (unpaired) electrons. The number of amides is 1. The minimum atomic E-state index is -3.10.